The lowest BCUT2D eigenvalue weighted by molar-refractivity contribution is 0.669. The minimum Gasteiger partial charge on any atom is -0.456 e. The largest absolute Gasteiger partial charge is 0.456 e. The lowest BCUT2D eigenvalue weighted by Crippen LogP contribution is -2.00. The highest BCUT2D eigenvalue weighted by Gasteiger charge is 2.19. The van der Waals surface area contributed by atoms with Gasteiger partial charge in [0.2, 0.25) is 0 Å². The number of rotatable bonds is 5. The molecular formula is C51H29N3O2S. The molecule has 0 spiro atoms. The number of fused-ring (bicyclic) bond motifs is 9. The van der Waals surface area contributed by atoms with Crippen LogP contribution in [0.15, 0.2) is 185 Å². The van der Waals surface area contributed by atoms with E-state index in [2.05, 4.69) is 133 Å². The quantitative estimate of drug-likeness (QED) is 0.175. The second kappa shape index (κ2) is 12.6. The Balaban J connectivity index is 1.00. The van der Waals surface area contributed by atoms with Gasteiger partial charge in [-0.2, -0.15) is 0 Å². The summed E-state index contributed by atoms with van der Waals surface area (Å²) >= 11 is 1.79. The van der Waals surface area contributed by atoms with Gasteiger partial charge in [-0.1, -0.05) is 121 Å². The van der Waals surface area contributed by atoms with Crippen LogP contribution in [0.5, 0.6) is 0 Å². The molecule has 4 heterocycles. The van der Waals surface area contributed by atoms with Crippen molar-refractivity contribution in [3.63, 3.8) is 0 Å². The molecule has 0 unspecified atom stereocenters. The van der Waals surface area contributed by atoms with Gasteiger partial charge < -0.3 is 8.83 Å². The first kappa shape index (κ1) is 31.9. The summed E-state index contributed by atoms with van der Waals surface area (Å²) in [6, 6.07) is 60.9. The van der Waals surface area contributed by atoms with Crippen molar-refractivity contribution >= 4 is 75.4 Å². The van der Waals surface area contributed by atoms with Gasteiger partial charge in [-0.3, -0.25) is 0 Å². The fourth-order valence-electron chi connectivity index (χ4n) is 8.27. The van der Waals surface area contributed by atoms with Crippen molar-refractivity contribution in [2.45, 2.75) is 0 Å². The first-order valence-corrected chi connectivity index (χ1v) is 19.7. The Morgan fingerprint density at radius 3 is 1.82 bits per heavy atom. The van der Waals surface area contributed by atoms with E-state index < -0.39 is 0 Å². The van der Waals surface area contributed by atoms with Gasteiger partial charge in [-0.15, -0.1) is 11.3 Å². The third kappa shape index (κ3) is 5.19. The molecule has 5 nitrogen and oxygen atoms in total. The molecule has 0 saturated carbocycles. The Morgan fingerprint density at radius 2 is 0.965 bits per heavy atom. The first-order chi connectivity index (χ1) is 28.2. The minimum atomic E-state index is 0.589. The Bertz CT molecular complexity index is 3530. The maximum absolute atomic E-state index is 6.55. The molecule has 12 rings (SSSR count). The zero-order valence-corrected chi connectivity index (χ0v) is 31.1. The van der Waals surface area contributed by atoms with E-state index in [4.69, 9.17) is 23.8 Å². The number of furan rings is 2. The van der Waals surface area contributed by atoms with Crippen LogP contribution in [0.1, 0.15) is 0 Å². The summed E-state index contributed by atoms with van der Waals surface area (Å²) in [6.07, 6.45) is 0. The molecule has 57 heavy (non-hydrogen) atoms. The van der Waals surface area contributed by atoms with Crippen LogP contribution >= 0.6 is 11.3 Å². The normalized spacial score (nSPS) is 11.9. The van der Waals surface area contributed by atoms with Crippen molar-refractivity contribution in [2.24, 2.45) is 0 Å². The van der Waals surface area contributed by atoms with E-state index in [9.17, 15) is 0 Å². The average Bonchev–Trinajstić information content (AvgIpc) is 3.97. The van der Waals surface area contributed by atoms with E-state index in [1.807, 2.05) is 42.5 Å². The number of hydrogen-bond acceptors (Lipinski definition) is 6. The molecule has 8 aromatic carbocycles. The van der Waals surface area contributed by atoms with E-state index in [1.54, 1.807) is 11.3 Å². The van der Waals surface area contributed by atoms with E-state index in [1.165, 1.54) is 14.8 Å². The summed E-state index contributed by atoms with van der Waals surface area (Å²) in [4.78, 5) is 15.3. The molecule has 0 bridgehead atoms. The molecule has 266 valence electrons. The standard InChI is InChI=1S/C51H29N3O2S/c1-3-12-30(13-4-1)39-27-34(29-44-47(39)36-16-7-9-19-41(36)56-44)32-23-25-42-40(26-32)35-24-22-33(28-43(35)55-42)50-52-49(31-14-5-2-6-15-31)53-51(54-50)38-18-11-21-46-48(38)37-17-8-10-20-45(37)57-46/h1-29H. The molecule has 0 aliphatic rings. The van der Waals surface area contributed by atoms with Gasteiger partial charge in [0.15, 0.2) is 17.5 Å². The molecule has 6 heteroatoms. The van der Waals surface area contributed by atoms with Crippen LogP contribution in [-0.2, 0) is 0 Å². The molecule has 0 radical (unpaired) electrons. The van der Waals surface area contributed by atoms with Gasteiger partial charge in [0.25, 0.3) is 0 Å². The molecule has 12 aromatic rings. The molecule has 0 amide bonds. The van der Waals surface area contributed by atoms with Gasteiger partial charge in [-0.05, 0) is 76.9 Å². The Hall–Kier alpha value is -7.41. The lowest BCUT2D eigenvalue weighted by Gasteiger charge is -2.09. The molecular weight excluding hydrogens is 719 g/mol. The van der Waals surface area contributed by atoms with Crippen LogP contribution in [0, 0.1) is 0 Å². The molecule has 4 aromatic heterocycles. The van der Waals surface area contributed by atoms with Gasteiger partial charge in [0.05, 0.1) is 0 Å². The molecule has 0 aliphatic carbocycles. The van der Waals surface area contributed by atoms with Crippen molar-refractivity contribution in [1.29, 1.82) is 0 Å². The van der Waals surface area contributed by atoms with Gasteiger partial charge >= 0.3 is 0 Å². The van der Waals surface area contributed by atoms with Gasteiger partial charge in [0.1, 0.15) is 22.3 Å². The van der Waals surface area contributed by atoms with Crippen molar-refractivity contribution in [1.82, 2.24) is 15.0 Å². The van der Waals surface area contributed by atoms with Crippen LogP contribution in [0.2, 0.25) is 0 Å². The zero-order chi connectivity index (χ0) is 37.5. The fraction of sp³-hybridized carbons (Fsp3) is 0. The van der Waals surface area contributed by atoms with E-state index >= 15 is 0 Å². The number of nitrogens with zero attached hydrogens (tertiary/aromatic N) is 3. The summed E-state index contributed by atoms with van der Waals surface area (Å²) in [5.41, 5.74) is 10.6. The SMILES string of the molecule is c1ccc(-c2nc(-c3ccc4c(c3)oc3ccc(-c5cc(-c6ccccc6)c6c(c5)oc5ccccc56)cc34)nc(-c3cccc4sc5ccccc5c34)n2)cc1. The average molecular weight is 748 g/mol. The topological polar surface area (TPSA) is 65.0 Å². The summed E-state index contributed by atoms with van der Waals surface area (Å²) in [6.45, 7) is 0. The van der Waals surface area contributed by atoms with Crippen LogP contribution in [0.4, 0.5) is 0 Å². The Labute approximate surface area is 330 Å². The van der Waals surface area contributed by atoms with Crippen LogP contribution in [-0.4, -0.2) is 15.0 Å². The van der Waals surface area contributed by atoms with Crippen LogP contribution < -0.4 is 0 Å². The fourth-order valence-corrected chi connectivity index (χ4v) is 9.40. The third-order valence-corrected chi connectivity index (χ3v) is 12.1. The van der Waals surface area contributed by atoms with Crippen molar-refractivity contribution in [3.05, 3.63) is 176 Å². The van der Waals surface area contributed by atoms with E-state index in [0.717, 1.165) is 88.2 Å². The summed E-state index contributed by atoms with van der Waals surface area (Å²) in [7, 11) is 0. The molecule has 0 N–H and O–H groups in total. The second-order valence-corrected chi connectivity index (χ2v) is 15.4. The summed E-state index contributed by atoms with van der Waals surface area (Å²) in [5, 5.41) is 6.66. The van der Waals surface area contributed by atoms with Crippen molar-refractivity contribution in [2.75, 3.05) is 0 Å². The Morgan fingerprint density at radius 1 is 0.316 bits per heavy atom. The van der Waals surface area contributed by atoms with Crippen molar-refractivity contribution in [3.8, 4) is 56.4 Å². The zero-order valence-electron chi connectivity index (χ0n) is 30.3. The lowest BCUT2D eigenvalue weighted by atomic mass is 9.94. The predicted octanol–water partition coefficient (Wildman–Crippen LogP) is 14.4. The third-order valence-electron chi connectivity index (χ3n) is 10.9. The number of benzene rings is 8. The molecule has 0 fully saturated rings. The number of para-hydroxylation sites is 1. The van der Waals surface area contributed by atoms with Crippen molar-refractivity contribution < 1.29 is 8.83 Å². The molecule has 0 saturated heterocycles. The predicted molar refractivity (Wildman–Crippen MR) is 234 cm³/mol. The maximum atomic E-state index is 6.55. The first-order valence-electron chi connectivity index (χ1n) is 18.9. The molecule has 0 aliphatic heterocycles. The van der Waals surface area contributed by atoms with Gasteiger partial charge in [-0.25, -0.2) is 15.0 Å². The highest BCUT2D eigenvalue weighted by molar-refractivity contribution is 7.25. The maximum Gasteiger partial charge on any atom is 0.164 e. The number of aromatic nitrogens is 3. The monoisotopic (exact) mass is 747 g/mol. The minimum absolute atomic E-state index is 0.589. The Kier molecular flexibility index (Phi) is 7.03. The van der Waals surface area contributed by atoms with Gasteiger partial charge in [0, 0.05) is 58.4 Å². The second-order valence-electron chi connectivity index (χ2n) is 14.3. The van der Waals surface area contributed by atoms with Crippen LogP contribution in [0.3, 0.4) is 0 Å². The van der Waals surface area contributed by atoms with Crippen LogP contribution in [0.25, 0.3) is 120 Å². The number of thiophene rings is 1. The highest BCUT2D eigenvalue weighted by atomic mass is 32.1. The van der Waals surface area contributed by atoms with E-state index in [-0.39, 0.29) is 0 Å². The summed E-state index contributed by atoms with van der Waals surface area (Å²) in [5.74, 6) is 1.85. The smallest absolute Gasteiger partial charge is 0.164 e. The highest BCUT2D eigenvalue weighted by Crippen LogP contribution is 2.43. The number of hydrogen-bond donors (Lipinski definition) is 0. The van der Waals surface area contributed by atoms with E-state index in [0.29, 0.717) is 17.5 Å². The summed E-state index contributed by atoms with van der Waals surface area (Å²) < 4.78 is 15.4. The molecule has 0 atom stereocenters.